The lowest BCUT2D eigenvalue weighted by Crippen LogP contribution is -2.57. The smallest absolute Gasteiger partial charge is 0.257 e. The van der Waals surface area contributed by atoms with Crippen molar-refractivity contribution in [2.45, 2.75) is 51.0 Å². The number of likely N-dealkylation sites (tertiary alicyclic amines) is 1. The average Bonchev–Trinajstić information content (AvgIpc) is 2.75. The molecule has 6 heteroatoms. The summed E-state index contributed by atoms with van der Waals surface area (Å²) >= 11 is 6.09. The highest BCUT2D eigenvalue weighted by molar-refractivity contribution is 6.31. The van der Waals surface area contributed by atoms with Gasteiger partial charge in [0.2, 0.25) is 5.91 Å². The van der Waals surface area contributed by atoms with Gasteiger partial charge in [-0.25, -0.2) is 0 Å². The summed E-state index contributed by atoms with van der Waals surface area (Å²) in [7, 11) is 1.56. The molecule has 0 spiro atoms. The minimum atomic E-state index is -0.0748. The highest BCUT2D eigenvalue weighted by Gasteiger charge is 2.49. The molecular weight excluding hydrogens is 400 g/mol. The van der Waals surface area contributed by atoms with Gasteiger partial charge in [-0.1, -0.05) is 11.6 Å². The van der Waals surface area contributed by atoms with E-state index in [-0.39, 0.29) is 17.7 Å². The Kier molecular flexibility index (Phi) is 5.42. The fraction of sp³-hybridized carbons (Fsp3) is 0.667. The van der Waals surface area contributed by atoms with Gasteiger partial charge in [0.1, 0.15) is 5.75 Å². The van der Waals surface area contributed by atoms with E-state index in [2.05, 4.69) is 5.32 Å². The number of carbonyl (C=O) groups is 2. The SMILES string of the molecule is COc1ccc(Cl)cc1C(=O)N1CCC(C(=O)NC2C3CC4CC(C3)CC2C4)CC1. The van der Waals surface area contributed by atoms with Crippen LogP contribution in [0.5, 0.6) is 5.75 Å². The average molecular weight is 431 g/mol. The van der Waals surface area contributed by atoms with E-state index in [1.54, 1.807) is 25.3 Å². The second-order valence-electron chi connectivity index (χ2n) is 9.88. The lowest BCUT2D eigenvalue weighted by Gasteiger charge is -2.54. The number of piperidine rings is 1. The van der Waals surface area contributed by atoms with Crippen molar-refractivity contribution in [3.63, 3.8) is 0 Å². The van der Waals surface area contributed by atoms with E-state index < -0.39 is 0 Å². The van der Waals surface area contributed by atoms with E-state index in [0.29, 0.717) is 60.1 Å². The summed E-state index contributed by atoms with van der Waals surface area (Å²) < 4.78 is 5.33. The molecule has 5 fully saturated rings. The number of halogens is 1. The molecule has 1 aromatic carbocycles. The third kappa shape index (κ3) is 3.70. The van der Waals surface area contributed by atoms with Crippen molar-refractivity contribution in [3.8, 4) is 5.75 Å². The summed E-state index contributed by atoms with van der Waals surface area (Å²) in [5.41, 5.74) is 0.487. The van der Waals surface area contributed by atoms with Crippen molar-refractivity contribution in [2.24, 2.45) is 29.6 Å². The molecule has 0 radical (unpaired) electrons. The molecule has 6 rings (SSSR count). The second-order valence-corrected chi connectivity index (χ2v) is 10.3. The van der Waals surface area contributed by atoms with Gasteiger partial charge in [-0.05, 0) is 86.8 Å². The monoisotopic (exact) mass is 430 g/mol. The van der Waals surface area contributed by atoms with E-state index in [9.17, 15) is 9.59 Å². The van der Waals surface area contributed by atoms with E-state index in [1.165, 1.54) is 32.1 Å². The van der Waals surface area contributed by atoms with Gasteiger partial charge < -0.3 is 15.0 Å². The molecule has 1 aliphatic heterocycles. The number of methoxy groups -OCH3 is 1. The molecule has 4 saturated carbocycles. The topological polar surface area (TPSA) is 58.6 Å². The van der Waals surface area contributed by atoms with Crippen molar-refractivity contribution in [2.75, 3.05) is 20.2 Å². The number of carbonyl (C=O) groups excluding carboxylic acids is 2. The van der Waals surface area contributed by atoms with Crippen LogP contribution in [0, 0.1) is 29.6 Å². The summed E-state index contributed by atoms with van der Waals surface area (Å²) in [5.74, 6) is 3.90. The predicted octanol–water partition coefficient (Wildman–Crippen LogP) is 4.14. The maximum Gasteiger partial charge on any atom is 0.257 e. The van der Waals surface area contributed by atoms with Crippen LogP contribution in [0.3, 0.4) is 0 Å². The number of hydrogen-bond donors (Lipinski definition) is 1. The van der Waals surface area contributed by atoms with Crippen LogP contribution in [-0.2, 0) is 4.79 Å². The maximum atomic E-state index is 13.0. The molecule has 2 amide bonds. The quantitative estimate of drug-likeness (QED) is 0.780. The Morgan fingerprint density at radius 2 is 1.67 bits per heavy atom. The third-order valence-electron chi connectivity index (χ3n) is 8.08. The molecule has 0 aromatic heterocycles. The standard InChI is InChI=1S/C24H31ClN2O3/c1-30-21-3-2-19(25)13-20(21)24(29)27-6-4-16(5-7-27)23(28)26-22-17-9-14-8-15(11-17)12-18(22)10-14/h2-3,13-18,22H,4-12H2,1H3,(H,26,28). The van der Waals surface area contributed by atoms with Crippen LogP contribution in [0.4, 0.5) is 0 Å². The van der Waals surface area contributed by atoms with Crippen LogP contribution in [-0.4, -0.2) is 43.0 Å². The molecule has 5 aliphatic rings. The van der Waals surface area contributed by atoms with Crippen molar-refractivity contribution in [1.29, 1.82) is 0 Å². The second kappa shape index (κ2) is 8.07. The van der Waals surface area contributed by atoms with Gasteiger partial charge in [-0.2, -0.15) is 0 Å². The minimum absolute atomic E-state index is 0.00694. The molecule has 1 aromatic rings. The van der Waals surface area contributed by atoms with Crippen LogP contribution in [0.25, 0.3) is 0 Å². The van der Waals surface area contributed by atoms with Gasteiger partial charge in [0.05, 0.1) is 12.7 Å². The van der Waals surface area contributed by atoms with Crippen LogP contribution in [0.2, 0.25) is 5.02 Å². The Bertz CT molecular complexity index is 806. The normalized spacial score (nSPS) is 32.9. The van der Waals surface area contributed by atoms with Gasteiger partial charge in [0.25, 0.3) is 5.91 Å². The van der Waals surface area contributed by atoms with Gasteiger partial charge in [-0.3, -0.25) is 9.59 Å². The van der Waals surface area contributed by atoms with Crippen LogP contribution in [0.15, 0.2) is 18.2 Å². The fourth-order valence-corrected chi connectivity index (χ4v) is 6.98. The van der Waals surface area contributed by atoms with Gasteiger partial charge in [-0.15, -0.1) is 0 Å². The van der Waals surface area contributed by atoms with Crippen molar-refractivity contribution < 1.29 is 14.3 Å². The molecule has 0 atom stereocenters. The van der Waals surface area contributed by atoms with E-state index >= 15 is 0 Å². The zero-order valence-corrected chi connectivity index (χ0v) is 18.4. The summed E-state index contributed by atoms with van der Waals surface area (Å²) in [6, 6.07) is 5.49. The zero-order chi connectivity index (χ0) is 20.8. The molecule has 1 N–H and O–H groups in total. The van der Waals surface area contributed by atoms with Crippen LogP contribution in [0.1, 0.15) is 55.3 Å². The summed E-state index contributed by atoms with van der Waals surface area (Å²) in [5, 5.41) is 3.97. The number of nitrogens with zero attached hydrogens (tertiary/aromatic N) is 1. The third-order valence-corrected chi connectivity index (χ3v) is 8.32. The molecular formula is C24H31ClN2O3. The molecule has 1 saturated heterocycles. The fourth-order valence-electron chi connectivity index (χ4n) is 6.81. The highest BCUT2D eigenvalue weighted by Crippen LogP contribution is 2.53. The van der Waals surface area contributed by atoms with Crippen molar-refractivity contribution in [3.05, 3.63) is 28.8 Å². The maximum absolute atomic E-state index is 13.0. The number of benzene rings is 1. The first kappa shape index (κ1) is 20.2. The summed E-state index contributed by atoms with van der Waals surface area (Å²) in [6.07, 6.45) is 8.11. The van der Waals surface area contributed by atoms with Crippen molar-refractivity contribution in [1.82, 2.24) is 10.2 Å². The van der Waals surface area contributed by atoms with Gasteiger partial charge in [0, 0.05) is 30.1 Å². The predicted molar refractivity (Wildman–Crippen MR) is 116 cm³/mol. The van der Waals surface area contributed by atoms with Gasteiger partial charge in [0.15, 0.2) is 0 Å². The number of ether oxygens (including phenoxy) is 1. The number of hydrogen-bond acceptors (Lipinski definition) is 3. The molecule has 4 bridgehead atoms. The van der Waals surface area contributed by atoms with Gasteiger partial charge >= 0.3 is 0 Å². The Morgan fingerprint density at radius 1 is 1.03 bits per heavy atom. The lowest BCUT2D eigenvalue weighted by atomic mass is 9.54. The first-order valence-corrected chi connectivity index (χ1v) is 11.8. The zero-order valence-electron chi connectivity index (χ0n) is 17.6. The molecule has 1 heterocycles. The van der Waals surface area contributed by atoms with Crippen molar-refractivity contribution >= 4 is 23.4 Å². The minimum Gasteiger partial charge on any atom is -0.496 e. The molecule has 4 aliphatic carbocycles. The first-order valence-electron chi connectivity index (χ1n) is 11.4. The van der Waals surface area contributed by atoms with E-state index in [4.69, 9.17) is 16.3 Å². The molecule has 162 valence electrons. The Balaban J connectivity index is 1.18. The highest BCUT2D eigenvalue weighted by atomic mass is 35.5. The molecule has 0 unspecified atom stereocenters. The number of nitrogens with one attached hydrogen (secondary N) is 1. The molecule has 5 nitrogen and oxygen atoms in total. The number of rotatable bonds is 4. The Labute approximate surface area is 183 Å². The first-order chi connectivity index (χ1) is 14.5. The molecule has 30 heavy (non-hydrogen) atoms. The Hall–Kier alpha value is -1.75. The largest absolute Gasteiger partial charge is 0.496 e. The van der Waals surface area contributed by atoms with Crippen LogP contribution >= 0.6 is 11.6 Å². The number of amides is 2. The van der Waals surface area contributed by atoms with E-state index in [0.717, 1.165) is 11.8 Å². The Morgan fingerprint density at radius 3 is 2.27 bits per heavy atom. The van der Waals surface area contributed by atoms with E-state index in [1.807, 2.05) is 4.90 Å². The summed E-state index contributed by atoms with van der Waals surface area (Å²) in [6.45, 7) is 1.18. The lowest BCUT2D eigenvalue weighted by molar-refractivity contribution is -0.130. The van der Waals surface area contributed by atoms with Crippen LogP contribution < -0.4 is 10.1 Å². The summed E-state index contributed by atoms with van der Waals surface area (Å²) in [4.78, 5) is 27.8.